The lowest BCUT2D eigenvalue weighted by Crippen LogP contribution is -2.43. The zero-order valence-electron chi connectivity index (χ0n) is 39.4. The van der Waals surface area contributed by atoms with Gasteiger partial charge in [0.1, 0.15) is 0 Å². The number of carbonyl (C=O) groups excluding carboxylic acids is 3. The molecule has 2 unspecified atom stereocenters. The normalized spacial score (nSPS) is 12.7. The first-order valence-corrected chi connectivity index (χ1v) is 25.8. The summed E-state index contributed by atoms with van der Waals surface area (Å²) in [5.74, 6) is -1.14. The molecule has 0 aliphatic heterocycles. The van der Waals surface area contributed by atoms with E-state index in [0.717, 1.165) is 70.6 Å². The fourth-order valence-electron chi connectivity index (χ4n) is 7.80. The van der Waals surface area contributed by atoms with Crippen molar-refractivity contribution >= 4 is 17.7 Å². The fourth-order valence-corrected chi connectivity index (χ4v) is 7.80. The lowest BCUT2D eigenvalue weighted by molar-refractivity contribution is -0.175. The van der Waals surface area contributed by atoms with E-state index in [1.165, 1.54) is 154 Å². The molecule has 2 atom stereocenters. The molecule has 6 nitrogen and oxygen atoms in total. The molecule has 0 radical (unpaired) electrons. The van der Waals surface area contributed by atoms with Crippen LogP contribution in [-0.2, 0) is 23.9 Å². The average molecular weight is 831 g/mol. The van der Waals surface area contributed by atoms with Crippen molar-refractivity contribution in [3.8, 4) is 0 Å². The number of ketones is 1. The van der Waals surface area contributed by atoms with Crippen molar-refractivity contribution in [2.45, 2.75) is 290 Å². The van der Waals surface area contributed by atoms with Gasteiger partial charge in [0, 0.05) is 19.3 Å². The Kier molecular flexibility index (Phi) is 45.5. The van der Waals surface area contributed by atoms with Crippen LogP contribution in [0.1, 0.15) is 278 Å². The molecule has 0 saturated carbocycles. The first kappa shape index (κ1) is 57.1. The molecule has 0 bridgehead atoms. The number of aliphatic hydroxyl groups excluding tert-OH is 1. The van der Waals surface area contributed by atoms with E-state index in [1.54, 1.807) is 0 Å². The Hall–Kier alpha value is -1.95. The van der Waals surface area contributed by atoms with Gasteiger partial charge in [0.2, 0.25) is 0 Å². The molecule has 346 valence electrons. The molecule has 0 aliphatic carbocycles. The van der Waals surface area contributed by atoms with E-state index in [-0.39, 0.29) is 25.0 Å². The Morgan fingerprint density at radius 2 is 0.695 bits per heavy atom. The van der Waals surface area contributed by atoms with Crippen LogP contribution in [-0.4, -0.2) is 41.6 Å². The van der Waals surface area contributed by atoms with E-state index in [2.05, 4.69) is 45.1 Å². The molecule has 0 amide bonds. The second-order valence-corrected chi connectivity index (χ2v) is 17.6. The minimum Gasteiger partial charge on any atom is -0.455 e. The summed E-state index contributed by atoms with van der Waals surface area (Å²) in [7, 11) is 0. The summed E-state index contributed by atoms with van der Waals surface area (Å²) in [6.07, 6.45) is 51.2. The number of unbranched alkanes of at least 4 members (excludes halogenated alkanes) is 32. The highest BCUT2D eigenvalue weighted by Gasteiger charge is 2.34. The third-order valence-corrected chi connectivity index (χ3v) is 11.7. The monoisotopic (exact) mass is 831 g/mol. The maximum atomic E-state index is 13.5. The number of hydrogen-bond acceptors (Lipinski definition) is 6. The zero-order chi connectivity index (χ0) is 43.1. The summed E-state index contributed by atoms with van der Waals surface area (Å²) in [6, 6.07) is 0. The molecule has 0 aromatic heterocycles. The quantitative estimate of drug-likeness (QED) is 0.0373. The van der Waals surface area contributed by atoms with E-state index >= 15 is 0 Å². The van der Waals surface area contributed by atoms with Crippen LogP contribution in [0, 0.1) is 0 Å². The number of carbonyl (C=O) groups is 3. The lowest BCUT2D eigenvalue weighted by atomic mass is 10.0. The van der Waals surface area contributed by atoms with Crippen LogP contribution in [0.4, 0.5) is 0 Å². The predicted molar refractivity (Wildman–Crippen MR) is 252 cm³/mol. The number of rotatable bonds is 47. The van der Waals surface area contributed by atoms with E-state index in [1.807, 2.05) is 0 Å². The topological polar surface area (TPSA) is 89.9 Å². The second-order valence-electron chi connectivity index (χ2n) is 17.6. The summed E-state index contributed by atoms with van der Waals surface area (Å²) in [5.41, 5.74) is 0. The number of Topliss-reactive ketones (excluding diaryl/α,β-unsaturated/α-hetero) is 1. The smallest absolute Gasteiger partial charge is 0.306 e. The summed E-state index contributed by atoms with van der Waals surface area (Å²) in [5, 5.41) is 10.3. The van der Waals surface area contributed by atoms with Crippen LogP contribution in [0.25, 0.3) is 0 Å². The first-order valence-electron chi connectivity index (χ1n) is 25.8. The lowest BCUT2D eigenvalue weighted by Gasteiger charge is -2.25. The third kappa shape index (κ3) is 41.2. The summed E-state index contributed by atoms with van der Waals surface area (Å²) in [6.45, 7) is 6.20. The zero-order valence-corrected chi connectivity index (χ0v) is 39.4. The molecule has 0 saturated heterocycles. The maximum Gasteiger partial charge on any atom is 0.306 e. The van der Waals surface area contributed by atoms with Gasteiger partial charge in [-0.25, -0.2) is 0 Å². The molecule has 0 aromatic rings. The highest BCUT2D eigenvalue weighted by molar-refractivity contribution is 5.86. The number of ether oxygens (including phenoxy) is 2. The summed E-state index contributed by atoms with van der Waals surface area (Å²) >= 11 is 0. The van der Waals surface area contributed by atoms with Crippen LogP contribution in [0.2, 0.25) is 0 Å². The average Bonchev–Trinajstić information content (AvgIpc) is 3.23. The van der Waals surface area contributed by atoms with Gasteiger partial charge in [-0.05, 0) is 51.4 Å². The van der Waals surface area contributed by atoms with Gasteiger partial charge in [0.05, 0.1) is 6.61 Å². The Bertz CT molecular complexity index is 973. The molecule has 0 heterocycles. The van der Waals surface area contributed by atoms with Crippen LogP contribution in [0.5, 0.6) is 0 Å². The maximum absolute atomic E-state index is 13.5. The van der Waals surface area contributed by atoms with E-state index < -0.39 is 30.8 Å². The largest absolute Gasteiger partial charge is 0.455 e. The summed E-state index contributed by atoms with van der Waals surface area (Å²) in [4.78, 5) is 39.3. The van der Waals surface area contributed by atoms with Crippen LogP contribution in [0.3, 0.4) is 0 Å². The van der Waals surface area contributed by atoms with E-state index in [9.17, 15) is 19.5 Å². The molecule has 0 aliphatic rings. The Morgan fingerprint density at radius 3 is 1.08 bits per heavy atom. The van der Waals surface area contributed by atoms with Crippen molar-refractivity contribution in [2.75, 3.05) is 6.61 Å². The Labute approximate surface area is 366 Å². The Balaban J connectivity index is 4.65. The van der Waals surface area contributed by atoms with E-state index in [0.29, 0.717) is 12.8 Å². The molecule has 6 heteroatoms. The van der Waals surface area contributed by atoms with Crippen molar-refractivity contribution in [1.82, 2.24) is 0 Å². The number of hydrogen-bond donors (Lipinski definition) is 1. The third-order valence-electron chi connectivity index (χ3n) is 11.7. The molecule has 59 heavy (non-hydrogen) atoms. The van der Waals surface area contributed by atoms with Gasteiger partial charge in [-0.3, -0.25) is 14.4 Å². The first-order chi connectivity index (χ1) is 29.0. The van der Waals surface area contributed by atoms with Gasteiger partial charge in [-0.15, -0.1) is 0 Å². The highest BCUT2D eigenvalue weighted by atomic mass is 16.6. The predicted octanol–water partition coefficient (Wildman–Crippen LogP) is 16.1. The molecule has 0 aromatic carbocycles. The number of aliphatic hydroxyl groups is 1. The molecular weight excluding hydrogens is 733 g/mol. The van der Waals surface area contributed by atoms with E-state index in [4.69, 9.17) is 9.47 Å². The van der Waals surface area contributed by atoms with Gasteiger partial charge < -0.3 is 14.6 Å². The fraction of sp³-hybridized carbons (Fsp3) is 0.868. The number of esters is 2. The SMILES string of the molecule is CCCCC/C=C\C/C=C\CCCCCCCC(=O)C(OC(=O)CCCCCCCCCCCCCCC)C(CO)OC(=O)CCCCCCCCCCCCCCC. The molecule has 0 spiro atoms. The van der Waals surface area contributed by atoms with Crippen LogP contribution >= 0.6 is 0 Å². The van der Waals surface area contributed by atoms with Gasteiger partial charge >= 0.3 is 11.9 Å². The van der Waals surface area contributed by atoms with Gasteiger partial charge in [-0.2, -0.15) is 0 Å². The highest BCUT2D eigenvalue weighted by Crippen LogP contribution is 2.18. The second kappa shape index (κ2) is 47.1. The standard InChI is InChI=1S/C53H98O6/c1-4-7-10-13-16-19-22-25-26-29-30-33-36-39-42-45-49(55)53(59-52(57)47-44-41-38-35-32-28-24-21-18-15-12-9-6-3)50(48-54)58-51(56)46-43-40-37-34-31-27-23-20-17-14-11-8-5-2/h16,19,25-26,50,53-54H,4-15,17-18,20-24,27-48H2,1-3H3/b19-16-,26-25-. The van der Waals surface area contributed by atoms with Crippen molar-refractivity contribution in [3.63, 3.8) is 0 Å². The van der Waals surface area contributed by atoms with Gasteiger partial charge in [0.15, 0.2) is 18.0 Å². The van der Waals surface area contributed by atoms with Crippen molar-refractivity contribution in [2.24, 2.45) is 0 Å². The van der Waals surface area contributed by atoms with Crippen molar-refractivity contribution < 1.29 is 29.0 Å². The van der Waals surface area contributed by atoms with Crippen LogP contribution in [0.15, 0.2) is 24.3 Å². The van der Waals surface area contributed by atoms with Crippen molar-refractivity contribution in [3.05, 3.63) is 24.3 Å². The Morgan fingerprint density at radius 1 is 0.390 bits per heavy atom. The van der Waals surface area contributed by atoms with Gasteiger partial charge in [0.25, 0.3) is 0 Å². The molecule has 1 N–H and O–H groups in total. The minimum atomic E-state index is -1.25. The molecular formula is C53H98O6. The van der Waals surface area contributed by atoms with Crippen LogP contribution < -0.4 is 0 Å². The van der Waals surface area contributed by atoms with Crippen molar-refractivity contribution in [1.29, 1.82) is 0 Å². The summed E-state index contributed by atoms with van der Waals surface area (Å²) < 4.78 is 11.4. The van der Waals surface area contributed by atoms with Gasteiger partial charge in [-0.1, -0.05) is 231 Å². The molecule has 0 fully saturated rings. The number of allylic oxidation sites excluding steroid dienone is 4. The molecule has 0 rings (SSSR count). The minimum absolute atomic E-state index is 0.232.